The first kappa shape index (κ1) is 14.5. The summed E-state index contributed by atoms with van der Waals surface area (Å²) >= 11 is 6.21. The van der Waals surface area contributed by atoms with Gasteiger partial charge in [-0.2, -0.15) is 5.10 Å². The maximum atomic E-state index is 13.0. The van der Waals surface area contributed by atoms with E-state index in [0.29, 0.717) is 10.7 Å². The van der Waals surface area contributed by atoms with Gasteiger partial charge in [0, 0.05) is 6.04 Å². The van der Waals surface area contributed by atoms with Crippen molar-refractivity contribution in [3.05, 3.63) is 16.9 Å². The molecule has 0 N–H and O–H groups in total. The molecule has 106 valence electrons. The van der Waals surface area contributed by atoms with E-state index >= 15 is 0 Å². The summed E-state index contributed by atoms with van der Waals surface area (Å²) < 4.78 is 1.74. The summed E-state index contributed by atoms with van der Waals surface area (Å²) in [4.78, 5) is 15.1. The van der Waals surface area contributed by atoms with Crippen LogP contribution in [0.25, 0.3) is 0 Å². The van der Waals surface area contributed by atoms with Crippen LogP contribution in [-0.2, 0) is 0 Å². The van der Waals surface area contributed by atoms with Crippen molar-refractivity contribution in [2.75, 3.05) is 14.1 Å². The van der Waals surface area contributed by atoms with Crippen molar-refractivity contribution in [2.45, 2.75) is 51.1 Å². The van der Waals surface area contributed by atoms with Crippen LogP contribution < -0.4 is 0 Å². The molecule has 0 atom stereocenters. The number of ketones is 1. The van der Waals surface area contributed by atoms with Crippen LogP contribution >= 0.6 is 11.6 Å². The summed E-state index contributed by atoms with van der Waals surface area (Å²) in [6, 6.07) is 0.132. The molecule has 19 heavy (non-hydrogen) atoms. The standard InChI is InChI=1S/C14H22ClN3O/c1-10(2)18-12(11(15)9-16-18)13(19)14(17(3)4)7-5-6-8-14/h9-10H,5-8H2,1-4H3. The monoisotopic (exact) mass is 283 g/mol. The lowest BCUT2D eigenvalue weighted by atomic mass is 9.88. The number of hydrogen-bond acceptors (Lipinski definition) is 3. The smallest absolute Gasteiger partial charge is 0.202 e. The van der Waals surface area contributed by atoms with Gasteiger partial charge in [-0.25, -0.2) is 0 Å². The van der Waals surface area contributed by atoms with Gasteiger partial charge in [-0.15, -0.1) is 0 Å². The fraction of sp³-hybridized carbons (Fsp3) is 0.714. The minimum absolute atomic E-state index is 0.117. The average molecular weight is 284 g/mol. The Morgan fingerprint density at radius 3 is 2.47 bits per heavy atom. The Balaban J connectivity index is 2.46. The molecule has 0 aliphatic heterocycles. The van der Waals surface area contributed by atoms with Gasteiger partial charge in [0.25, 0.3) is 0 Å². The van der Waals surface area contributed by atoms with Gasteiger partial charge in [0.2, 0.25) is 5.78 Å². The van der Waals surface area contributed by atoms with Crippen molar-refractivity contribution in [1.82, 2.24) is 14.7 Å². The highest BCUT2D eigenvalue weighted by Gasteiger charge is 2.45. The van der Waals surface area contributed by atoms with Gasteiger partial charge in [-0.05, 0) is 40.8 Å². The van der Waals surface area contributed by atoms with E-state index in [9.17, 15) is 4.79 Å². The molecule has 1 aromatic rings. The summed E-state index contributed by atoms with van der Waals surface area (Å²) in [5.74, 6) is 0.117. The van der Waals surface area contributed by atoms with Gasteiger partial charge >= 0.3 is 0 Å². The lowest BCUT2D eigenvalue weighted by molar-refractivity contribution is 0.0679. The highest BCUT2D eigenvalue weighted by atomic mass is 35.5. The Labute approximate surface area is 119 Å². The van der Waals surface area contributed by atoms with E-state index in [4.69, 9.17) is 11.6 Å². The summed E-state index contributed by atoms with van der Waals surface area (Å²) in [5.41, 5.74) is 0.156. The molecule has 0 unspecified atom stereocenters. The second kappa shape index (κ2) is 5.25. The number of halogens is 1. The lowest BCUT2D eigenvalue weighted by Gasteiger charge is -2.35. The molecule has 0 saturated heterocycles. The number of rotatable bonds is 4. The second-order valence-electron chi connectivity index (χ2n) is 5.84. The molecular formula is C14H22ClN3O. The van der Waals surface area contributed by atoms with E-state index in [1.165, 1.54) is 0 Å². The zero-order valence-corrected chi connectivity index (χ0v) is 12.9. The second-order valence-corrected chi connectivity index (χ2v) is 6.25. The van der Waals surface area contributed by atoms with Gasteiger partial charge in [-0.1, -0.05) is 24.4 Å². The minimum Gasteiger partial charge on any atom is -0.297 e. The van der Waals surface area contributed by atoms with Crippen molar-refractivity contribution in [1.29, 1.82) is 0 Å². The van der Waals surface area contributed by atoms with Crippen LogP contribution in [0, 0.1) is 0 Å². The fourth-order valence-corrected chi connectivity index (χ4v) is 3.22. The van der Waals surface area contributed by atoms with Gasteiger partial charge in [-0.3, -0.25) is 14.4 Å². The van der Waals surface area contributed by atoms with Gasteiger partial charge in [0.1, 0.15) is 5.69 Å². The first-order valence-electron chi connectivity index (χ1n) is 6.85. The lowest BCUT2D eigenvalue weighted by Crippen LogP contribution is -2.49. The highest BCUT2D eigenvalue weighted by Crippen LogP contribution is 2.38. The van der Waals surface area contributed by atoms with Crippen LogP contribution in [0.4, 0.5) is 0 Å². The quantitative estimate of drug-likeness (QED) is 0.797. The predicted octanol–water partition coefficient (Wildman–Crippen LogP) is 3.17. The molecule has 1 fully saturated rings. The normalized spacial score (nSPS) is 18.5. The molecule has 1 aliphatic rings. The van der Waals surface area contributed by atoms with Crippen LogP contribution in [0.5, 0.6) is 0 Å². The Bertz CT molecular complexity index is 473. The SMILES string of the molecule is CC(C)n1ncc(Cl)c1C(=O)C1(N(C)C)CCCC1. The molecule has 0 amide bonds. The van der Waals surface area contributed by atoms with Gasteiger partial charge in [0.15, 0.2) is 0 Å². The predicted molar refractivity (Wildman–Crippen MR) is 76.8 cm³/mol. The zero-order chi connectivity index (χ0) is 14.2. The van der Waals surface area contributed by atoms with E-state index in [2.05, 4.69) is 10.00 Å². The van der Waals surface area contributed by atoms with Crippen molar-refractivity contribution in [3.8, 4) is 0 Å². The molecule has 1 heterocycles. The molecule has 0 spiro atoms. The van der Waals surface area contributed by atoms with Crippen LogP contribution in [0.3, 0.4) is 0 Å². The van der Waals surface area contributed by atoms with E-state index < -0.39 is 5.54 Å². The number of likely N-dealkylation sites (N-methyl/N-ethyl adjacent to an activating group) is 1. The highest BCUT2D eigenvalue weighted by molar-refractivity contribution is 6.34. The maximum Gasteiger partial charge on any atom is 0.202 e. The number of aromatic nitrogens is 2. The topological polar surface area (TPSA) is 38.1 Å². The van der Waals surface area contributed by atoms with E-state index in [0.717, 1.165) is 25.7 Å². The van der Waals surface area contributed by atoms with Crippen molar-refractivity contribution < 1.29 is 4.79 Å². The minimum atomic E-state index is -0.406. The molecule has 0 radical (unpaired) electrons. The Kier molecular flexibility index (Phi) is 4.02. The third kappa shape index (κ3) is 2.32. The molecular weight excluding hydrogens is 262 g/mol. The van der Waals surface area contributed by atoms with E-state index in [1.54, 1.807) is 10.9 Å². The van der Waals surface area contributed by atoms with Crippen molar-refractivity contribution in [3.63, 3.8) is 0 Å². The molecule has 2 rings (SSSR count). The molecule has 1 aliphatic carbocycles. The average Bonchev–Trinajstić information content (AvgIpc) is 2.94. The van der Waals surface area contributed by atoms with Crippen LogP contribution in [0.15, 0.2) is 6.20 Å². The number of Topliss-reactive ketones (excluding diaryl/α,β-unsaturated/α-hetero) is 1. The van der Waals surface area contributed by atoms with Crippen molar-refractivity contribution in [2.24, 2.45) is 0 Å². The van der Waals surface area contributed by atoms with Crippen LogP contribution in [0.1, 0.15) is 56.1 Å². The summed E-state index contributed by atoms with van der Waals surface area (Å²) in [5, 5.41) is 4.71. The fourth-order valence-electron chi connectivity index (χ4n) is 3.00. The third-order valence-corrected chi connectivity index (χ3v) is 4.44. The first-order valence-corrected chi connectivity index (χ1v) is 7.23. The number of carbonyl (C=O) groups is 1. The summed E-state index contributed by atoms with van der Waals surface area (Å²) in [6.07, 6.45) is 5.57. The molecule has 0 bridgehead atoms. The third-order valence-electron chi connectivity index (χ3n) is 4.16. The maximum absolute atomic E-state index is 13.0. The van der Waals surface area contributed by atoms with Crippen molar-refractivity contribution >= 4 is 17.4 Å². The largest absolute Gasteiger partial charge is 0.297 e. The van der Waals surface area contributed by atoms with Gasteiger partial charge < -0.3 is 0 Å². The molecule has 0 aromatic carbocycles. The molecule has 1 saturated carbocycles. The number of nitrogens with zero attached hydrogens (tertiary/aromatic N) is 3. The Hall–Kier alpha value is -0.870. The first-order chi connectivity index (χ1) is 8.90. The Morgan fingerprint density at radius 1 is 1.42 bits per heavy atom. The van der Waals surface area contributed by atoms with Gasteiger partial charge in [0.05, 0.1) is 16.8 Å². The summed E-state index contributed by atoms with van der Waals surface area (Å²) in [6.45, 7) is 4.02. The Morgan fingerprint density at radius 2 is 2.00 bits per heavy atom. The van der Waals surface area contributed by atoms with E-state index in [-0.39, 0.29) is 11.8 Å². The number of hydrogen-bond donors (Lipinski definition) is 0. The number of carbonyl (C=O) groups excluding carboxylic acids is 1. The van der Waals surface area contributed by atoms with Crippen LogP contribution in [0.2, 0.25) is 5.02 Å². The van der Waals surface area contributed by atoms with Crippen LogP contribution in [-0.4, -0.2) is 40.1 Å². The molecule has 5 heteroatoms. The van der Waals surface area contributed by atoms with E-state index in [1.807, 2.05) is 27.9 Å². The summed E-state index contributed by atoms with van der Waals surface area (Å²) in [7, 11) is 3.96. The molecule has 1 aromatic heterocycles. The molecule has 4 nitrogen and oxygen atoms in total. The zero-order valence-electron chi connectivity index (χ0n) is 12.1.